The molecule has 0 bridgehead atoms. The first-order valence-electron chi connectivity index (χ1n) is 6.52. The van der Waals surface area contributed by atoms with Crippen LogP contribution >= 0.6 is 23.2 Å². The highest BCUT2D eigenvalue weighted by Crippen LogP contribution is 2.34. The zero-order valence-corrected chi connectivity index (χ0v) is 13.7. The minimum atomic E-state index is -3.89. The van der Waals surface area contributed by atoms with E-state index in [4.69, 9.17) is 27.9 Å². The Balaban J connectivity index is 2.39. The first-order valence-corrected chi connectivity index (χ1v) is 8.71. The van der Waals surface area contributed by atoms with E-state index in [0.717, 1.165) is 4.31 Å². The van der Waals surface area contributed by atoms with E-state index in [-0.39, 0.29) is 28.1 Å². The van der Waals surface area contributed by atoms with Gasteiger partial charge in [-0.1, -0.05) is 29.3 Å². The molecular formula is C13H15Cl2NO4S. The number of ether oxygens (including phenoxy) is 1. The summed E-state index contributed by atoms with van der Waals surface area (Å²) < 4.78 is 31.5. The number of carbonyl (C=O) groups excluding carboxylic acids is 1. The summed E-state index contributed by atoms with van der Waals surface area (Å²) in [5.41, 5.74) is 0. The predicted octanol–water partition coefficient (Wildman–Crippen LogP) is 2.71. The van der Waals surface area contributed by atoms with Gasteiger partial charge in [0.05, 0.1) is 16.7 Å². The SMILES string of the molecule is CCOC(=O)C1CCCN1S(=O)(=O)c1cccc(Cl)c1Cl. The van der Waals surface area contributed by atoms with Crippen molar-refractivity contribution in [1.82, 2.24) is 4.31 Å². The molecule has 1 heterocycles. The van der Waals surface area contributed by atoms with Gasteiger partial charge in [-0.2, -0.15) is 4.31 Å². The van der Waals surface area contributed by atoms with Gasteiger partial charge in [-0.25, -0.2) is 8.42 Å². The third-order valence-corrected chi connectivity index (χ3v) is 6.15. The molecule has 0 N–H and O–H groups in total. The van der Waals surface area contributed by atoms with Gasteiger partial charge in [0.25, 0.3) is 0 Å². The zero-order chi connectivity index (χ0) is 15.6. The van der Waals surface area contributed by atoms with Gasteiger partial charge in [0, 0.05) is 6.54 Å². The van der Waals surface area contributed by atoms with Crippen molar-refractivity contribution in [3.63, 3.8) is 0 Å². The number of rotatable bonds is 4. The van der Waals surface area contributed by atoms with Crippen molar-refractivity contribution < 1.29 is 17.9 Å². The minimum absolute atomic E-state index is 0.0336. The summed E-state index contributed by atoms with van der Waals surface area (Å²) in [4.78, 5) is 11.8. The quantitative estimate of drug-likeness (QED) is 0.782. The lowest BCUT2D eigenvalue weighted by Gasteiger charge is -2.23. The maximum absolute atomic E-state index is 12.7. The van der Waals surface area contributed by atoms with Crippen LogP contribution in [0.3, 0.4) is 0 Å². The third kappa shape index (κ3) is 3.18. The van der Waals surface area contributed by atoms with E-state index in [1.807, 2.05) is 0 Å². The Morgan fingerprint density at radius 1 is 1.43 bits per heavy atom. The molecule has 1 atom stereocenters. The Labute approximate surface area is 133 Å². The number of carbonyl (C=O) groups is 1. The Morgan fingerprint density at radius 2 is 2.14 bits per heavy atom. The van der Waals surface area contributed by atoms with Gasteiger partial charge in [0.1, 0.15) is 10.9 Å². The standard InChI is InChI=1S/C13H15Cl2NO4S/c1-2-20-13(17)10-6-4-8-16(10)21(18,19)11-7-3-5-9(14)12(11)15/h3,5,7,10H,2,4,6,8H2,1H3. The molecule has 0 amide bonds. The topological polar surface area (TPSA) is 63.7 Å². The van der Waals surface area contributed by atoms with Crippen LogP contribution in [0.4, 0.5) is 0 Å². The second-order valence-corrected chi connectivity index (χ2v) is 7.22. The molecule has 1 unspecified atom stereocenters. The van der Waals surface area contributed by atoms with E-state index in [0.29, 0.717) is 12.8 Å². The average molecular weight is 352 g/mol. The number of nitrogens with zero attached hydrogens (tertiary/aromatic N) is 1. The van der Waals surface area contributed by atoms with Crippen molar-refractivity contribution in [2.75, 3.05) is 13.2 Å². The summed E-state index contributed by atoms with van der Waals surface area (Å²) in [6.07, 6.45) is 1.04. The van der Waals surface area contributed by atoms with Crippen LogP contribution in [0.15, 0.2) is 23.1 Å². The molecule has 0 spiro atoms. The maximum Gasteiger partial charge on any atom is 0.324 e. The monoisotopic (exact) mass is 351 g/mol. The van der Waals surface area contributed by atoms with E-state index in [1.54, 1.807) is 6.92 Å². The molecule has 1 aliphatic rings. The van der Waals surface area contributed by atoms with Crippen LogP contribution in [0.2, 0.25) is 10.0 Å². The minimum Gasteiger partial charge on any atom is -0.465 e. The molecule has 1 aromatic carbocycles. The predicted molar refractivity (Wildman–Crippen MR) is 80.0 cm³/mol. The molecule has 1 fully saturated rings. The third-order valence-electron chi connectivity index (χ3n) is 3.27. The highest BCUT2D eigenvalue weighted by molar-refractivity contribution is 7.89. The lowest BCUT2D eigenvalue weighted by atomic mass is 10.2. The van der Waals surface area contributed by atoms with Crippen LogP contribution in [0.5, 0.6) is 0 Å². The number of hydrogen-bond donors (Lipinski definition) is 0. The van der Waals surface area contributed by atoms with Gasteiger partial charge in [-0.3, -0.25) is 4.79 Å². The van der Waals surface area contributed by atoms with E-state index >= 15 is 0 Å². The van der Waals surface area contributed by atoms with Crippen LogP contribution in [-0.4, -0.2) is 37.9 Å². The van der Waals surface area contributed by atoms with E-state index in [1.165, 1.54) is 18.2 Å². The smallest absolute Gasteiger partial charge is 0.324 e. The van der Waals surface area contributed by atoms with Gasteiger partial charge in [0.2, 0.25) is 10.0 Å². The van der Waals surface area contributed by atoms with E-state index in [9.17, 15) is 13.2 Å². The largest absolute Gasteiger partial charge is 0.465 e. The fourth-order valence-corrected chi connectivity index (χ4v) is 4.70. The molecule has 8 heteroatoms. The zero-order valence-electron chi connectivity index (χ0n) is 11.4. The number of hydrogen-bond acceptors (Lipinski definition) is 4. The molecule has 2 rings (SSSR count). The highest BCUT2D eigenvalue weighted by Gasteiger charge is 2.41. The van der Waals surface area contributed by atoms with Crippen molar-refractivity contribution in [2.24, 2.45) is 0 Å². The summed E-state index contributed by atoms with van der Waals surface area (Å²) >= 11 is 11.9. The number of halogens is 2. The first kappa shape index (κ1) is 16.5. The summed E-state index contributed by atoms with van der Waals surface area (Å²) in [5.74, 6) is -0.531. The van der Waals surface area contributed by atoms with E-state index in [2.05, 4.69) is 0 Å². The Morgan fingerprint density at radius 3 is 2.81 bits per heavy atom. The lowest BCUT2D eigenvalue weighted by molar-refractivity contribution is -0.146. The molecule has 0 radical (unpaired) electrons. The molecule has 0 saturated carbocycles. The van der Waals surface area contributed by atoms with Crippen LogP contribution < -0.4 is 0 Å². The van der Waals surface area contributed by atoms with Crippen LogP contribution in [0.25, 0.3) is 0 Å². The van der Waals surface area contributed by atoms with Gasteiger partial charge in [0.15, 0.2) is 0 Å². The molecule has 0 aromatic heterocycles. The summed E-state index contributed by atoms with van der Waals surface area (Å²) in [6.45, 7) is 2.15. The Kier molecular flexibility index (Phi) is 5.14. The van der Waals surface area contributed by atoms with Crippen molar-refractivity contribution in [3.8, 4) is 0 Å². The maximum atomic E-state index is 12.7. The fraction of sp³-hybridized carbons (Fsp3) is 0.462. The average Bonchev–Trinajstić information content (AvgIpc) is 2.92. The number of sulfonamides is 1. The fourth-order valence-electron chi connectivity index (χ4n) is 2.31. The molecular weight excluding hydrogens is 337 g/mol. The molecule has 1 aromatic rings. The normalized spacial score (nSPS) is 19.7. The molecule has 5 nitrogen and oxygen atoms in total. The first-order chi connectivity index (χ1) is 9.89. The summed E-state index contributed by atoms with van der Waals surface area (Å²) in [6, 6.07) is 3.60. The Hall–Kier alpha value is -0.820. The highest BCUT2D eigenvalue weighted by atomic mass is 35.5. The second kappa shape index (κ2) is 6.52. The van der Waals surface area contributed by atoms with Gasteiger partial charge >= 0.3 is 5.97 Å². The van der Waals surface area contributed by atoms with Gasteiger partial charge in [-0.15, -0.1) is 0 Å². The van der Waals surface area contributed by atoms with Crippen molar-refractivity contribution >= 4 is 39.2 Å². The van der Waals surface area contributed by atoms with Crippen LogP contribution in [-0.2, 0) is 19.6 Å². The summed E-state index contributed by atoms with van der Waals surface area (Å²) in [7, 11) is -3.89. The van der Waals surface area contributed by atoms with Crippen molar-refractivity contribution in [3.05, 3.63) is 28.2 Å². The molecule has 1 saturated heterocycles. The summed E-state index contributed by atoms with van der Waals surface area (Å²) in [5, 5.41) is 0.123. The number of esters is 1. The molecule has 116 valence electrons. The van der Waals surface area contributed by atoms with E-state index < -0.39 is 22.0 Å². The van der Waals surface area contributed by atoms with Crippen LogP contribution in [0, 0.1) is 0 Å². The van der Waals surface area contributed by atoms with Gasteiger partial charge in [-0.05, 0) is 31.9 Å². The number of benzene rings is 1. The molecule has 1 aliphatic heterocycles. The second-order valence-electron chi connectivity index (χ2n) is 4.58. The van der Waals surface area contributed by atoms with Crippen molar-refractivity contribution in [1.29, 1.82) is 0 Å². The lowest BCUT2D eigenvalue weighted by Crippen LogP contribution is -2.41. The molecule has 21 heavy (non-hydrogen) atoms. The molecule has 0 aliphatic carbocycles. The van der Waals surface area contributed by atoms with Gasteiger partial charge < -0.3 is 4.74 Å². The van der Waals surface area contributed by atoms with Crippen LogP contribution in [0.1, 0.15) is 19.8 Å². The Bertz CT molecular complexity index is 648. The van der Waals surface area contributed by atoms with Crippen molar-refractivity contribution in [2.45, 2.75) is 30.7 Å².